The van der Waals surface area contributed by atoms with Crippen molar-refractivity contribution in [3.63, 3.8) is 0 Å². The minimum atomic E-state index is -0.331. The molecule has 0 aliphatic carbocycles. The van der Waals surface area contributed by atoms with Crippen molar-refractivity contribution in [3.8, 4) is 17.6 Å². The molecule has 0 aliphatic rings. The molecule has 2 aromatic carbocycles. The maximum Gasteiger partial charge on any atom is 0.255 e. The lowest BCUT2D eigenvalue weighted by Gasteiger charge is -2.12. The lowest BCUT2D eigenvalue weighted by atomic mass is 10.1. The van der Waals surface area contributed by atoms with Gasteiger partial charge < -0.3 is 20.1 Å². The molecule has 1 aromatic heterocycles. The molecule has 0 saturated heterocycles. The van der Waals surface area contributed by atoms with Crippen molar-refractivity contribution in [3.05, 3.63) is 60.1 Å². The first-order chi connectivity index (χ1) is 14.1. The molecule has 10 heteroatoms. The van der Waals surface area contributed by atoms with Crippen LogP contribution < -0.4 is 20.1 Å². The Labute approximate surface area is 166 Å². The van der Waals surface area contributed by atoms with E-state index in [1.807, 2.05) is 6.07 Å². The highest BCUT2D eigenvalue weighted by Crippen LogP contribution is 2.29. The molecule has 3 rings (SSSR count). The maximum absolute atomic E-state index is 12.7. The monoisotopic (exact) mass is 391 g/mol. The standard InChI is InChI=1S/C19H17N7O3/c1-28-15-6-7-17(29-2)16(9-15)22-19(27)12-4-3-5-14(8-12)21-11-13(10-20)18-23-25-26-24-18/h3-9,11,21H,1-2H3,(H,22,27)(H,23,24,25,26). The highest BCUT2D eigenvalue weighted by atomic mass is 16.5. The molecule has 0 atom stereocenters. The summed E-state index contributed by atoms with van der Waals surface area (Å²) in [7, 11) is 3.06. The summed E-state index contributed by atoms with van der Waals surface area (Å²) in [4.78, 5) is 12.7. The van der Waals surface area contributed by atoms with Gasteiger partial charge in [0.15, 0.2) is 0 Å². The van der Waals surface area contributed by atoms with E-state index in [0.717, 1.165) is 0 Å². The van der Waals surface area contributed by atoms with E-state index in [2.05, 4.69) is 31.3 Å². The zero-order valence-electron chi connectivity index (χ0n) is 15.6. The Morgan fingerprint density at radius 2 is 2.07 bits per heavy atom. The number of ether oxygens (including phenoxy) is 2. The molecule has 146 valence electrons. The van der Waals surface area contributed by atoms with Crippen LogP contribution in [0.4, 0.5) is 11.4 Å². The van der Waals surface area contributed by atoms with Crippen LogP contribution in [0.1, 0.15) is 16.2 Å². The molecule has 0 saturated carbocycles. The zero-order valence-corrected chi connectivity index (χ0v) is 15.6. The number of aromatic nitrogens is 4. The number of carbonyl (C=O) groups excluding carboxylic acids is 1. The number of amides is 1. The fourth-order valence-electron chi connectivity index (χ4n) is 2.43. The Morgan fingerprint density at radius 1 is 1.21 bits per heavy atom. The number of carbonyl (C=O) groups is 1. The van der Waals surface area contributed by atoms with Gasteiger partial charge in [0, 0.05) is 23.5 Å². The fourth-order valence-corrected chi connectivity index (χ4v) is 2.43. The smallest absolute Gasteiger partial charge is 0.255 e. The van der Waals surface area contributed by atoms with E-state index in [1.54, 1.807) is 49.6 Å². The first-order valence-corrected chi connectivity index (χ1v) is 8.38. The van der Waals surface area contributed by atoms with Gasteiger partial charge in [-0.25, -0.2) is 0 Å². The summed E-state index contributed by atoms with van der Waals surface area (Å²) < 4.78 is 10.5. The average Bonchev–Trinajstić information content (AvgIpc) is 3.29. The number of tetrazole rings is 1. The summed E-state index contributed by atoms with van der Waals surface area (Å²) in [6.45, 7) is 0. The number of anilines is 2. The Hall–Kier alpha value is -4.39. The van der Waals surface area contributed by atoms with Crippen LogP contribution in [0.5, 0.6) is 11.5 Å². The molecule has 1 amide bonds. The van der Waals surface area contributed by atoms with Crippen molar-refractivity contribution < 1.29 is 14.3 Å². The van der Waals surface area contributed by atoms with Crippen LogP contribution in [0.15, 0.2) is 48.7 Å². The Kier molecular flexibility index (Phi) is 6.02. The zero-order chi connectivity index (χ0) is 20.6. The van der Waals surface area contributed by atoms with Crippen LogP contribution >= 0.6 is 0 Å². The Morgan fingerprint density at radius 3 is 2.76 bits per heavy atom. The molecular weight excluding hydrogens is 374 g/mol. The van der Waals surface area contributed by atoms with Gasteiger partial charge in [-0.2, -0.15) is 10.5 Å². The molecule has 3 N–H and O–H groups in total. The van der Waals surface area contributed by atoms with Crippen LogP contribution in [0.25, 0.3) is 5.57 Å². The number of hydrogen-bond donors (Lipinski definition) is 3. The van der Waals surface area contributed by atoms with Gasteiger partial charge in [-0.15, -0.1) is 10.2 Å². The number of nitrogens with zero attached hydrogens (tertiary/aromatic N) is 4. The van der Waals surface area contributed by atoms with Gasteiger partial charge in [-0.3, -0.25) is 4.79 Å². The lowest BCUT2D eigenvalue weighted by molar-refractivity contribution is 0.102. The minimum Gasteiger partial charge on any atom is -0.497 e. The van der Waals surface area contributed by atoms with Gasteiger partial charge in [-0.1, -0.05) is 6.07 Å². The number of methoxy groups -OCH3 is 2. The highest BCUT2D eigenvalue weighted by Gasteiger charge is 2.12. The quantitative estimate of drug-likeness (QED) is 0.522. The number of hydrogen-bond acceptors (Lipinski definition) is 8. The summed E-state index contributed by atoms with van der Waals surface area (Å²) in [5.41, 5.74) is 1.69. The number of aromatic amines is 1. The lowest BCUT2D eigenvalue weighted by Crippen LogP contribution is -2.13. The van der Waals surface area contributed by atoms with Gasteiger partial charge >= 0.3 is 0 Å². The summed E-state index contributed by atoms with van der Waals surface area (Å²) in [6.07, 6.45) is 1.44. The first-order valence-electron chi connectivity index (χ1n) is 8.38. The molecule has 29 heavy (non-hydrogen) atoms. The normalized spacial score (nSPS) is 10.7. The van der Waals surface area contributed by atoms with Gasteiger partial charge in [0.05, 0.1) is 19.9 Å². The van der Waals surface area contributed by atoms with Crippen LogP contribution in [0, 0.1) is 11.3 Å². The first kappa shape index (κ1) is 19.4. The van der Waals surface area contributed by atoms with Crippen LogP contribution in [-0.4, -0.2) is 40.8 Å². The molecule has 0 fully saturated rings. The number of benzene rings is 2. The fraction of sp³-hybridized carbons (Fsp3) is 0.105. The second-order valence-electron chi connectivity index (χ2n) is 5.65. The second-order valence-corrected chi connectivity index (χ2v) is 5.65. The molecular formula is C19H17N7O3. The van der Waals surface area contributed by atoms with Gasteiger partial charge in [0.2, 0.25) is 5.82 Å². The van der Waals surface area contributed by atoms with Crippen molar-refractivity contribution in [2.75, 3.05) is 24.9 Å². The van der Waals surface area contributed by atoms with Crippen LogP contribution in [0.3, 0.4) is 0 Å². The largest absolute Gasteiger partial charge is 0.497 e. The number of rotatable bonds is 7. The molecule has 0 radical (unpaired) electrons. The molecule has 0 unspecified atom stereocenters. The average molecular weight is 391 g/mol. The third kappa shape index (κ3) is 4.67. The molecule has 0 aliphatic heterocycles. The predicted molar refractivity (Wildman–Crippen MR) is 105 cm³/mol. The van der Waals surface area contributed by atoms with E-state index in [4.69, 9.17) is 9.47 Å². The topological polar surface area (TPSA) is 138 Å². The summed E-state index contributed by atoms with van der Waals surface area (Å²) in [5, 5.41) is 28.2. The van der Waals surface area contributed by atoms with Crippen LogP contribution in [-0.2, 0) is 0 Å². The van der Waals surface area contributed by atoms with Crippen molar-refractivity contribution in [1.82, 2.24) is 20.6 Å². The maximum atomic E-state index is 12.7. The third-order valence-electron chi connectivity index (χ3n) is 3.87. The Balaban J connectivity index is 1.77. The predicted octanol–water partition coefficient (Wildman–Crippen LogP) is 2.45. The van der Waals surface area contributed by atoms with Gasteiger partial charge in [-0.05, 0) is 35.5 Å². The van der Waals surface area contributed by atoms with Crippen molar-refractivity contribution in [1.29, 1.82) is 5.26 Å². The van der Waals surface area contributed by atoms with E-state index in [9.17, 15) is 10.1 Å². The van der Waals surface area contributed by atoms with Crippen molar-refractivity contribution in [2.45, 2.75) is 0 Å². The molecule has 0 bridgehead atoms. The van der Waals surface area contributed by atoms with E-state index >= 15 is 0 Å². The highest BCUT2D eigenvalue weighted by molar-refractivity contribution is 6.05. The number of H-pyrrole nitrogens is 1. The van der Waals surface area contributed by atoms with E-state index in [1.165, 1.54) is 13.3 Å². The van der Waals surface area contributed by atoms with E-state index in [-0.39, 0.29) is 17.3 Å². The summed E-state index contributed by atoms with van der Waals surface area (Å²) in [6, 6.07) is 13.9. The Bertz CT molecular complexity index is 1070. The number of allylic oxidation sites excluding steroid dienone is 1. The van der Waals surface area contributed by atoms with Gasteiger partial charge in [0.25, 0.3) is 5.91 Å². The molecule has 0 spiro atoms. The molecule has 1 heterocycles. The van der Waals surface area contributed by atoms with Crippen molar-refractivity contribution >= 4 is 22.9 Å². The number of nitriles is 1. The van der Waals surface area contributed by atoms with E-state index < -0.39 is 0 Å². The summed E-state index contributed by atoms with van der Waals surface area (Å²) >= 11 is 0. The van der Waals surface area contributed by atoms with Crippen LogP contribution in [0.2, 0.25) is 0 Å². The second kappa shape index (κ2) is 9.01. The third-order valence-corrected chi connectivity index (χ3v) is 3.87. The number of nitrogens with one attached hydrogen (secondary N) is 3. The van der Waals surface area contributed by atoms with Crippen molar-refractivity contribution in [2.24, 2.45) is 0 Å². The molecule has 3 aromatic rings. The SMILES string of the molecule is COc1ccc(OC)c(NC(=O)c2cccc(NC=C(C#N)c3nn[nH]n3)c2)c1. The van der Waals surface area contributed by atoms with Gasteiger partial charge in [0.1, 0.15) is 23.1 Å². The van der Waals surface area contributed by atoms with E-state index in [0.29, 0.717) is 28.4 Å². The molecule has 10 nitrogen and oxygen atoms in total. The summed E-state index contributed by atoms with van der Waals surface area (Å²) in [5.74, 6) is 0.934. The minimum absolute atomic E-state index is 0.166.